The van der Waals surface area contributed by atoms with Gasteiger partial charge in [0.15, 0.2) is 5.96 Å². The molecule has 1 N–H and O–H groups in total. The van der Waals surface area contributed by atoms with Crippen LogP contribution in [0.4, 0.5) is 0 Å². The van der Waals surface area contributed by atoms with Gasteiger partial charge in [0.2, 0.25) is 0 Å². The maximum atomic E-state index is 5.46. The molecule has 0 aromatic rings. The summed E-state index contributed by atoms with van der Waals surface area (Å²) < 4.78 is 5.46. The van der Waals surface area contributed by atoms with Crippen molar-refractivity contribution in [3.8, 4) is 0 Å². The van der Waals surface area contributed by atoms with Gasteiger partial charge in [0, 0.05) is 45.8 Å². The van der Waals surface area contributed by atoms with Crippen molar-refractivity contribution in [2.75, 3.05) is 53.0 Å². The van der Waals surface area contributed by atoms with E-state index < -0.39 is 0 Å². The van der Waals surface area contributed by atoms with E-state index in [-0.39, 0.29) is 24.0 Å². The summed E-state index contributed by atoms with van der Waals surface area (Å²) in [5.41, 5.74) is 0. The Morgan fingerprint density at radius 1 is 1.14 bits per heavy atom. The van der Waals surface area contributed by atoms with Crippen LogP contribution in [0.15, 0.2) is 4.99 Å². The maximum absolute atomic E-state index is 5.46. The number of nitrogens with zero attached hydrogens (tertiary/aromatic N) is 3. The quantitative estimate of drug-likeness (QED) is 0.435. The third-order valence-electron chi connectivity index (χ3n) is 4.37. The summed E-state index contributed by atoms with van der Waals surface area (Å²) in [6, 6.07) is 0.554. The first-order valence-electron chi connectivity index (χ1n) is 7.99. The van der Waals surface area contributed by atoms with Crippen LogP contribution in [-0.4, -0.2) is 74.8 Å². The van der Waals surface area contributed by atoms with Crippen molar-refractivity contribution in [1.82, 2.24) is 15.1 Å². The molecule has 2 saturated heterocycles. The monoisotopic (exact) mass is 410 g/mol. The smallest absolute Gasteiger partial charge is 0.193 e. The summed E-state index contributed by atoms with van der Waals surface area (Å²) in [6.45, 7) is 11.7. The molecule has 5 nitrogen and oxygen atoms in total. The van der Waals surface area contributed by atoms with Crippen LogP contribution in [0.3, 0.4) is 0 Å². The molecule has 2 fully saturated rings. The molecular formula is C15H31IN4O. The Morgan fingerprint density at radius 3 is 2.29 bits per heavy atom. The van der Waals surface area contributed by atoms with Crippen LogP contribution >= 0.6 is 24.0 Å². The normalized spacial score (nSPS) is 22.3. The van der Waals surface area contributed by atoms with E-state index in [4.69, 9.17) is 4.74 Å². The molecule has 0 amide bonds. The van der Waals surface area contributed by atoms with E-state index in [2.05, 4.69) is 34.0 Å². The van der Waals surface area contributed by atoms with Crippen LogP contribution in [-0.2, 0) is 4.74 Å². The summed E-state index contributed by atoms with van der Waals surface area (Å²) in [4.78, 5) is 9.36. The van der Waals surface area contributed by atoms with Crippen molar-refractivity contribution in [2.24, 2.45) is 10.9 Å². The van der Waals surface area contributed by atoms with E-state index in [1.54, 1.807) is 0 Å². The standard InChI is InChI=1S/C15H30N4O.HI/c1-13(2)14(18-8-10-20-11-9-18)12-17-15(16-3)19-6-4-5-7-19;/h13-14H,4-12H2,1-3H3,(H,16,17);1H. The Morgan fingerprint density at radius 2 is 1.76 bits per heavy atom. The molecule has 2 rings (SSSR count). The SMILES string of the molecule is CN=C(NCC(C(C)C)N1CCOCC1)N1CCCC1.I. The zero-order valence-electron chi connectivity index (χ0n) is 13.7. The molecular weight excluding hydrogens is 379 g/mol. The van der Waals surface area contributed by atoms with Gasteiger partial charge in [0.25, 0.3) is 0 Å². The summed E-state index contributed by atoms with van der Waals surface area (Å²) >= 11 is 0. The van der Waals surface area contributed by atoms with Crippen molar-refractivity contribution in [3.05, 3.63) is 0 Å². The molecule has 2 aliphatic rings. The Bertz CT molecular complexity index is 313. The summed E-state index contributed by atoms with van der Waals surface area (Å²) in [7, 11) is 1.89. The zero-order chi connectivity index (χ0) is 14.4. The van der Waals surface area contributed by atoms with Gasteiger partial charge >= 0.3 is 0 Å². The van der Waals surface area contributed by atoms with Gasteiger partial charge < -0.3 is 15.0 Å². The Kier molecular flexibility index (Phi) is 8.89. The number of rotatable bonds is 4. The molecule has 2 aliphatic heterocycles. The molecule has 0 saturated carbocycles. The predicted molar refractivity (Wildman–Crippen MR) is 98.6 cm³/mol. The van der Waals surface area contributed by atoms with Gasteiger partial charge in [-0.25, -0.2) is 0 Å². The largest absolute Gasteiger partial charge is 0.379 e. The van der Waals surface area contributed by atoms with Crippen molar-refractivity contribution >= 4 is 29.9 Å². The van der Waals surface area contributed by atoms with E-state index in [1.807, 2.05) is 7.05 Å². The van der Waals surface area contributed by atoms with Gasteiger partial charge in [-0.2, -0.15) is 0 Å². The average molecular weight is 410 g/mol. The lowest BCUT2D eigenvalue weighted by molar-refractivity contribution is 0.00742. The summed E-state index contributed by atoms with van der Waals surface area (Å²) in [5.74, 6) is 1.71. The number of ether oxygens (including phenoxy) is 1. The van der Waals surface area contributed by atoms with Crippen LogP contribution in [0.2, 0.25) is 0 Å². The molecule has 0 aromatic carbocycles. The number of morpholine rings is 1. The lowest BCUT2D eigenvalue weighted by Gasteiger charge is -2.37. The van der Waals surface area contributed by atoms with Gasteiger partial charge in [0.05, 0.1) is 13.2 Å². The van der Waals surface area contributed by atoms with E-state index >= 15 is 0 Å². The Balaban J connectivity index is 0.00000220. The highest BCUT2D eigenvalue weighted by Crippen LogP contribution is 2.13. The van der Waals surface area contributed by atoms with Crippen LogP contribution in [0.1, 0.15) is 26.7 Å². The van der Waals surface area contributed by atoms with E-state index in [0.29, 0.717) is 12.0 Å². The molecule has 2 heterocycles. The van der Waals surface area contributed by atoms with Crippen molar-refractivity contribution in [2.45, 2.75) is 32.7 Å². The third kappa shape index (κ3) is 5.56. The fourth-order valence-corrected chi connectivity index (χ4v) is 3.15. The molecule has 0 spiro atoms. The molecule has 1 atom stereocenters. The van der Waals surface area contributed by atoms with Crippen molar-refractivity contribution in [3.63, 3.8) is 0 Å². The number of likely N-dealkylation sites (tertiary alicyclic amines) is 1. The molecule has 21 heavy (non-hydrogen) atoms. The number of nitrogens with one attached hydrogen (secondary N) is 1. The highest BCUT2D eigenvalue weighted by Gasteiger charge is 2.25. The Labute approximate surface area is 146 Å². The number of hydrogen-bond donors (Lipinski definition) is 1. The fourth-order valence-electron chi connectivity index (χ4n) is 3.15. The average Bonchev–Trinajstić information content (AvgIpc) is 2.98. The lowest BCUT2D eigenvalue weighted by Crippen LogP contribution is -2.52. The van der Waals surface area contributed by atoms with E-state index in [1.165, 1.54) is 12.8 Å². The fraction of sp³-hybridized carbons (Fsp3) is 0.933. The van der Waals surface area contributed by atoms with E-state index in [0.717, 1.165) is 51.9 Å². The second kappa shape index (κ2) is 9.84. The first-order chi connectivity index (χ1) is 9.72. The second-order valence-corrected chi connectivity index (χ2v) is 6.08. The van der Waals surface area contributed by atoms with Crippen LogP contribution in [0.25, 0.3) is 0 Å². The molecule has 0 bridgehead atoms. The minimum Gasteiger partial charge on any atom is -0.379 e. The zero-order valence-corrected chi connectivity index (χ0v) is 16.0. The Hall–Kier alpha value is -0.0800. The second-order valence-electron chi connectivity index (χ2n) is 6.08. The minimum absolute atomic E-state index is 0. The number of aliphatic imine (C=N–C) groups is 1. The number of halogens is 1. The molecule has 0 aromatic heterocycles. The van der Waals surface area contributed by atoms with Crippen molar-refractivity contribution < 1.29 is 4.74 Å². The molecule has 6 heteroatoms. The lowest BCUT2D eigenvalue weighted by atomic mass is 10.0. The van der Waals surface area contributed by atoms with Crippen LogP contribution in [0, 0.1) is 5.92 Å². The van der Waals surface area contributed by atoms with Crippen LogP contribution < -0.4 is 5.32 Å². The number of hydrogen-bond acceptors (Lipinski definition) is 3. The molecule has 0 aliphatic carbocycles. The van der Waals surface area contributed by atoms with E-state index in [9.17, 15) is 0 Å². The summed E-state index contributed by atoms with van der Waals surface area (Å²) in [6.07, 6.45) is 2.58. The highest BCUT2D eigenvalue weighted by molar-refractivity contribution is 14.0. The van der Waals surface area contributed by atoms with Gasteiger partial charge in [-0.05, 0) is 18.8 Å². The van der Waals surface area contributed by atoms with Gasteiger partial charge in [0.1, 0.15) is 0 Å². The first kappa shape index (κ1) is 19.0. The van der Waals surface area contributed by atoms with Crippen LogP contribution in [0.5, 0.6) is 0 Å². The van der Waals surface area contributed by atoms with Gasteiger partial charge in [-0.15, -0.1) is 24.0 Å². The first-order valence-corrected chi connectivity index (χ1v) is 7.99. The topological polar surface area (TPSA) is 40.1 Å². The highest BCUT2D eigenvalue weighted by atomic mass is 127. The predicted octanol–water partition coefficient (Wildman–Crippen LogP) is 1.63. The minimum atomic E-state index is 0. The maximum Gasteiger partial charge on any atom is 0.193 e. The summed E-state index contributed by atoms with van der Waals surface area (Å²) in [5, 5.41) is 3.58. The number of guanidine groups is 1. The van der Waals surface area contributed by atoms with Gasteiger partial charge in [-0.1, -0.05) is 13.8 Å². The van der Waals surface area contributed by atoms with Crippen molar-refractivity contribution in [1.29, 1.82) is 0 Å². The third-order valence-corrected chi connectivity index (χ3v) is 4.37. The molecule has 1 unspecified atom stereocenters. The molecule has 124 valence electrons. The molecule has 0 radical (unpaired) electrons. The van der Waals surface area contributed by atoms with Gasteiger partial charge in [-0.3, -0.25) is 9.89 Å².